The summed E-state index contributed by atoms with van der Waals surface area (Å²) in [6, 6.07) is 22.7. The molecule has 108 valence electrons. The number of pyridine rings is 1. The quantitative estimate of drug-likeness (QED) is 0.761. The minimum absolute atomic E-state index is 0.233. The van der Waals surface area contributed by atoms with Gasteiger partial charge in [-0.3, -0.25) is 9.78 Å². The van der Waals surface area contributed by atoms with Crippen LogP contribution in [0.15, 0.2) is 79.0 Å². The second kappa shape index (κ2) is 6.54. The van der Waals surface area contributed by atoms with Gasteiger partial charge in [0.2, 0.25) is 0 Å². The number of hydrogen-bond acceptors (Lipinski definition) is 3. The van der Waals surface area contributed by atoms with E-state index in [0.29, 0.717) is 5.69 Å². The molecule has 0 aliphatic carbocycles. The molecule has 0 saturated carbocycles. The van der Waals surface area contributed by atoms with Crippen molar-refractivity contribution in [1.82, 2.24) is 4.98 Å². The number of amides is 1. The predicted octanol–water partition coefficient (Wildman–Crippen LogP) is 4.08. The normalized spacial score (nSPS) is 10.0. The second-order valence-electron chi connectivity index (χ2n) is 4.74. The summed E-state index contributed by atoms with van der Waals surface area (Å²) in [6.45, 7) is 0. The van der Waals surface area contributed by atoms with Crippen LogP contribution in [0.5, 0.6) is 0 Å². The third-order valence-electron chi connectivity index (χ3n) is 3.09. The SMILES string of the molecule is O=C(Nc1ccccc1)c1cc(Nc2ccccc2)ccn1. The van der Waals surface area contributed by atoms with Crippen molar-refractivity contribution in [2.24, 2.45) is 0 Å². The van der Waals surface area contributed by atoms with E-state index >= 15 is 0 Å². The molecular formula is C18H15N3O. The van der Waals surface area contributed by atoms with E-state index in [2.05, 4.69) is 15.6 Å². The van der Waals surface area contributed by atoms with Crippen LogP contribution >= 0.6 is 0 Å². The van der Waals surface area contributed by atoms with Gasteiger partial charge in [0.05, 0.1) is 0 Å². The van der Waals surface area contributed by atoms with Crippen LogP contribution in [0.1, 0.15) is 10.5 Å². The molecule has 0 aliphatic rings. The van der Waals surface area contributed by atoms with Gasteiger partial charge in [0, 0.05) is 23.3 Å². The summed E-state index contributed by atoms with van der Waals surface area (Å²) in [4.78, 5) is 16.3. The van der Waals surface area contributed by atoms with Crippen LogP contribution in [0.4, 0.5) is 17.1 Å². The predicted molar refractivity (Wildman–Crippen MR) is 88.4 cm³/mol. The summed E-state index contributed by atoms with van der Waals surface area (Å²) in [5, 5.41) is 6.06. The standard InChI is InChI=1S/C18H15N3O/c22-18(21-15-9-5-2-6-10-15)17-13-16(11-12-19-17)20-14-7-3-1-4-8-14/h1-13H,(H,19,20)(H,21,22). The topological polar surface area (TPSA) is 54.0 Å². The Morgan fingerprint density at radius 1 is 0.773 bits per heavy atom. The van der Waals surface area contributed by atoms with Gasteiger partial charge in [-0.05, 0) is 36.4 Å². The van der Waals surface area contributed by atoms with Gasteiger partial charge >= 0.3 is 0 Å². The van der Waals surface area contributed by atoms with E-state index in [1.54, 1.807) is 12.3 Å². The molecule has 1 heterocycles. The van der Waals surface area contributed by atoms with E-state index in [1.807, 2.05) is 66.7 Å². The summed E-state index contributed by atoms with van der Waals surface area (Å²) in [5.74, 6) is -0.233. The van der Waals surface area contributed by atoms with Gasteiger partial charge in [-0.15, -0.1) is 0 Å². The van der Waals surface area contributed by atoms with E-state index < -0.39 is 0 Å². The molecule has 4 nitrogen and oxygen atoms in total. The summed E-state index contributed by atoms with van der Waals surface area (Å²) in [7, 11) is 0. The zero-order chi connectivity index (χ0) is 15.2. The molecule has 0 fully saturated rings. The monoisotopic (exact) mass is 289 g/mol. The van der Waals surface area contributed by atoms with Crippen molar-refractivity contribution in [3.05, 3.63) is 84.7 Å². The number of carbonyl (C=O) groups excluding carboxylic acids is 1. The molecule has 0 atom stereocenters. The lowest BCUT2D eigenvalue weighted by Crippen LogP contribution is -2.13. The Morgan fingerprint density at radius 3 is 2.09 bits per heavy atom. The first-order chi connectivity index (χ1) is 10.8. The van der Waals surface area contributed by atoms with Crippen molar-refractivity contribution in [1.29, 1.82) is 0 Å². The van der Waals surface area contributed by atoms with Crippen molar-refractivity contribution in [3.63, 3.8) is 0 Å². The number of rotatable bonds is 4. The molecule has 4 heteroatoms. The van der Waals surface area contributed by atoms with Crippen LogP contribution < -0.4 is 10.6 Å². The van der Waals surface area contributed by atoms with Crippen LogP contribution in [0.2, 0.25) is 0 Å². The first-order valence-electron chi connectivity index (χ1n) is 6.96. The molecule has 0 bridgehead atoms. The number of nitrogens with zero attached hydrogens (tertiary/aromatic N) is 1. The molecule has 0 spiro atoms. The van der Waals surface area contributed by atoms with Crippen LogP contribution in [0.25, 0.3) is 0 Å². The largest absolute Gasteiger partial charge is 0.355 e. The van der Waals surface area contributed by atoms with E-state index in [-0.39, 0.29) is 5.91 Å². The molecule has 22 heavy (non-hydrogen) atoms. The van der Waals surface area contributed by atoms with Crippen molar-refractivity contribution in [2.75, 3.05) is 10.6 Å². The Kier molecular flexibility index (Phi) is 4.11. The number of aromatic nitrogens is 1. The fourth-order valence-electron chi connectivity index (χ4n) is 2.04. The van der Waals surface area contributed by atoms with Gasteiger partial charge in [-0.1, -0.05) is 36.4 Å². The van der Waals surface area contributed by atoms with Crippen molar-refractivity contribution >= 4 is 23.0 Å². The van der Waals surface area contributed by atoms with Gasteiger partial charge < -0.3 is 10.6 Å². The summed E-state index contributed by atoms with van der Waals surface area (Å²) < 4.78 is 0. The summed E-state index contributed by atoms with van der Waals surface area (Å²) in [5.41, 5.74) is 2.89. The maximum absolute atomic E-state index is 12.2. The average Bonchev–Trinajstić information content (AvgIpc) is 2.57. The maximum Gasteiger partial charge on any atom is 0.274 e. The molecule has 1 aromatic heterocycles. The lowest BCUT2D eigenvalue weighted by molar-refractivity contribution is 0.102. The molecule has 2 N–H and O–H groups in total. The number of anilines is 3. The van der Waals surface area contributed by atoms with Gasteiger partial charge in [0.15, 0.2) is 0 Å². The van der Waals surface area contributed by atoms with Crippen molar-refractivity contribution in [3.8, 4) is 0 Å². The molecule has 0 radical (unpaired) electrons. The van der Waals surface area contributed by atoms with Crippen molar-refractivity contribution in [2.45, 2.75) is 0 Å². The Bertz CT molecular complexity index is 758. The average molecular weight is 289 g/mol. The molecular weight excluding hydrogens is 274 g/mol. The minimum Gasteiger partial charge on any atom is -0.355 e. The number of para-hydroxylation sites is 2. The van der Waals surface area contributed by atoms with Crippen LogP contribution in [-0.2, 0) is 0 Å². The van der Waals surface area contributed by atoms with Crippen molar-refractivity contribution < 1.29 is 4.79 Å². The van der Waals surface area contributed by atoms with E-state index in [0.717, 1.165) is 17.1 Å². The van der Waals surface area contributed by atoms with Gasteiger partial charge in [-0.25, -0.2) is 0 Å². The summed E-state index contributed by atoms with van der Waals surface area (Å²) in [6.07, 6.45) is 1.62. The zero-order valence-electron chi connectivity index (χ0n) is 11.9. The number of nitrogens with one attached hydrogen (secondary N) is 2. The maximum atomic E-state index is 12.2. The molecule has 0 saturated heterocycles. The highest BCUT2D eigenvalue weighted by Crippen LogP contribution is 2.16. The van der Waals surface area contributed by atoms with Gasteiger partial charge in [0.1, 0.15) is 5.69 Å². The van der Waals surface area contributed by atoms with E-state index in [4.69, 9.17) is 0 Å². The van der Waals surface area contributed by atoms with Gasteiger partial charge in [-0.2, -0.15) is 0 Å². The van der Waals surface area contributed by atoms with Crippen LogP contribution in [0, 0.1) is 0 Å². The third-order valence-corrected chi connectivity index (χ3v) is 3.09. The number of benzene rings is 2. The summed E-state index contributed by atoms with van der Waals surface area (Å²) >= 11 is 0. The van der Waals surface area contributed by atoms with Gasteiger partial charge in [0.25, 0.3) is 5.91 Å². The van der Waals surface area contributed by atoms with Crippen LogP contribution in [-0.4, -0.2) is 10.9 Å². The highest BCUT2D eigenvalue weighted by molar-refractivity contribution is 6.03. The first kappa shape index (κ1) is 13.8. The number of carbonyl (C=O) groups is 1. The van der Waals surface area contributed by atoms with Crippen LogP contribution in [0.3, 0.4) is 0 Å². The molecule has 0 aliphatic heterocycles. The fraction of sp³-hybridized carbons (Fsp3) is 0. The molecule has 3 rings (SSSR count). The van der Waals surface area contributed by atoms with E-state index in [9.17, 15) is 4.79 Å². The molecule has 3 aromatic rings. The molecule has 1 amide bonds. The minimum atomic E-state index is -0.233. The highest BCUT2D eigenvalue weighted by atomic mass is 16.1. The Hall–Kier alpha value is -3.14. The fourth-order valence-corrected chi connectivity index (χ4v) is 2.04. The lowest BCUT2D eigenvalue weighted by atomic mass is 10.2. The lowest BCUT2D eigenvalue weighted by Gasteiger charge is -2.08. The number of hydrogen-bond donors (Lipinski definition) is 2. The van der Waals surface area contributed by atoms with E-state index in [1.165, 1.54) is 0 Å². The first-order valence-corrected chi connectivity index (χ1v) is 6.96. The Balaban J connectivity index is 1.75. The Morgan fingerprint density at radius 2 is 1.41 bits per heavy atom. The zero-order valence-corrected chi connectivity index (χ0v) is 11.9. The smallest absolute Gasteiger partial charge is 0.274 e. The third kappa shape index (κ3) is 3.49. The Labute approximate surface area is 128 Å². The highest BCUT2D eigenvalue weighted by Gasteiger charge is 2.08. The molecule has 2 aromatic carbocycles. The second-order valence-corrected chi connectivity index (χ2v) is 4.74. The molecule has 0 unspecified atom stereocenters.